The molecule has 0 saturated heterocycles. The van der Waals surface area contributed by atoms with Crippen molar-refractivity contribution in [3.05, 3.63) is 0 Å². The van der Waals surface area contributed by atoms with Crippen LogP contribution in [0.15, 0.2) is 0 Å². The van der Waals surface area contributed by atoms with Gasteiger partial charge >= 0.3 is 0 Å². The minimum Gasteiger partial charge on any atom is -0.311 e. The predicted octanol–water partition coefficient (Wildman–Crippen LogP) is 4.23. The Balaban J connectivity index is 1.42. The zero-order valence-corrected chi connectivity index (χ0v) is 13.0. The fraction of sp³-hybridized carbons (Fsp3) is 1.00. The number of hydrogen-bond acceptors (Lipinski definition) is 1. The van der Waals surface area contributed by atoms with Crippen LogP contribution in [0.4, 0.5) is 0 Å². The molecule has 0 aliphatic heterocycles. The molecule has 4 aliphatic carbocycles. The Kier molecular flexibility index (Phi) is 2.82. The quantitative estimate of drug-likeness (QED) is 0.784. The van der Waals surface area contributed by atoms with Crippen molar-refractivity contribution in [2.24, 2.45) is 35.0 Å². The Bertz CT molecular complexity index is 361. The van der Waals surface area contributed by atoms with Crippen molar-refractivity contribution in [3.63, 3.8) is 0 Å². The van der Waals surface area contributed by atoms with Crippen molar-refractivity contribution >= 4 is 0 Å². The van der Waals surface area contributed by atoms with Gasteiger partial charge in [0.1, 0.15) is 0 Å². The lowest BCUT2D eigenvalue weighted by atomic mass is 9.78. The highest BCUT2D eigenvalue weighted by molar-refractivity contribution is 5.07. The van der Waals surface area contributed by atoms with Crippen LogP contribution >= 0.6 is 0 Å². The lowest BCUT2D eigenvalue weighted by Gasteiger charge is -2.35. The van der Waals surface area contributed by atoms with E-state index >= 15 is 0 Å². The Morgan fingerprint density at radius 2 is 1.68 bits per heavy atom. The van der Waals surface area contributed by atoms with Crippen LogP contribution in [-0.4, -0.2) is 12.1 Å². The van der Waals surface area contributed by atoms with Gasteiger partial charge in [-0.25, -0.2) is 0 Å². The van der Waals surface area contributed by atoms with Gasteiger partial charge < -0.3 is 5.32 Å². The summed E-state index contributed by atoms with van der Waals surface area (Å²) in [7, 11) is 0. The number of fused-ring (bicyclic) bond motifs is 5. The summed E-state index contributed by atoms with van der Waals surface area (Å²) in [6.45, 7) is 7.38. The predicted molar refractivity (Wildman–Crippen MR) is 79.9 cm³/mol. The van der Waals surface area contributed by atoms with Gasteiger partial charge in [-0.05, 0) is 73.5 Å². The summed E-state index contributed by atoms with van der Waals surface area (Å²) >= 11 is 0. The normalized spacial score (nSPS) is 54.8. The molecule has 1 N–H and O–H groups in total. The molecule has 0 amide bonds. The molecule has 4 fully saturated rings. The molecule has 0 spiro atoms. The second kappa shape index (κ2) is 4.23. The first-order valence-electron chi connectivity index (χ1n) is 8.79. The molecule has 7 atom stereocenters. The highest BCUT2D eigenvalue weighted by atomic mass is 15.0. The van der Waals surface area contributed by atoms with Gasteiger partial charge in [0, 0.05) is 12.1 Å². The highest BCUT2D eigenvalue weighted by Crippen LogP contribution is 2.59. The van der Waals surface area contributed by atoms with Crippen LogP contribution in [0.25, 0.3) is 0 Å². The molecule has 0 aromatic heterocycles. The van der Waals surface area contributed by atoms with E-state index in [9.17, 15) is 0 Å². The Morgan fingerprint density at radius 1 is 0.895 bits per heavy atom. The minimum absolute atomic E-state index is 0.574. The van der Waals surface area contributed by atoms with Crippen LogP contribution in [0.1, 0.15) is 65.7 Å². The lowest BCUT2D eigenvalue weighted by molar-refractivity contribution is 0.190. The van der Waals surface area contributed by atoms with Crippen molar-refractivity contribution < 1.29 is 0 Å². The van der Waals surface area contributed by atoms with Crippen LogP contribution in [0.5, 0.6) is 0 Å². The topological polar surface area (TPSA) is 12.0 Å². The maximum absolute atomic E-state index is 4.13. The molecule has 2 bridgehead atoms. The molecule has 0 aromatic rings. The van der Waals surface area contributed by atoms with Gasteiger partial charge in [0.05, 0.1) is 0 Å². The summed E-state index contributed by atoms with van der Waals surface area (Å²) in [5, 5.41) is 4.13. The third kappa shape index (κ3) is 1.99. The SMILES string of the molecule is CC1CC(C)(C)CC1NC1CC2CC1C1CCCC21. The van der Waals surface area contributed by atoms with Crippen molar-refractivity contribution in [1.29, 1.82) is 0 Å². The van der Waals surface area contributed by atoms with E-state index < -0.39 is 0 Å². The molecule has 7 unspecified atom stereocenters. The van der Waals surface area contributed by atoms with E-state index in [-0.39, 0.29) is 0 Å². The summed E-state index contributed by atoms with van der Waals surface area (Å²) in [6, 6.07) is 1.69. The van der Waals surface area contributed by atoms with E-state index in [1.54, 1.807) is 19.3 Å². The molecule has 4 rings (SSSR count). The largest absolute Gasteiger partial charge is 0.311 e. The fourth-order valence-corrected chi connectivity index (χ4v) is 6.65. The summed E-state index contributed by atoms with van der Waals surface area (Å²) in [5.74, 6) is 5.28. The van der Waals surface area contributed by atoms with Gasteiger partial charge in [0.25, 0.3) is 0 Å². The molecule has 4 aliphatic rings. The van der Waals surface area contributed by atoms with E-state index in [1.165, 1.54) is 25.7 Å². The van der Waals surface area contributed by atoms with Crippen LogP contribution in [-0.2, 0) is 0 Å². The van der Waals surface area contributed by atoms with Gasteiger partial charge in [0.2, 0.25) is 0 Å². The fourth-order valence-electron chi connectivity index (χ4n) is 6.65. The summed E-state index contributed by atoms with van der Waals surface area (Å²) in [4.78, 5) is 0. The summed E-state index contributed by atoms with van der Waals surface area (Å²) in [6.07, 6.45) is 10.5. The van der Waals surface area contributed by atoms with Gasteiger partial charge in [0.15, 0.2) is 0 Å². The second-order valence-corrected chi connectivity index (χ2v) is 9.08. The average Bonchev–Trinajstić information content (AvgIpc) is 3.00. The maximum atomic E-state index is 4.13. The standard InChI is InChI=1S/C18H31N/c1-11-9-18(2,3)10-17(11)19-16-8-12-7-15(16)14-6-4-5-13(12)14/h11-17,19H,4-10H2,1-3H3. The molecule has 0 radical (unpaired) electrons. The molecule has 1 heteroatoms. The van der Waals surface area contributed by atoms with Gasteiger partial charge in [-0.1, -0.05) is 27.2 Å². The zero-order valence-electron chi connectivity index (χ0n) is 13.0. The summed E-state index contributed by atoms with van der Waals surface area (Å²) in [5.41, 5.74) is 0.574. The van der Waals surface area contributed by atoms with Crippen LogP contribution in [0.2, 0.25) is 0 Å². The molecule has 4 saturated carbocycles. The third-order valence-corrected chi connectivity index (χ3v) is 7.19. The smallest absolute Gasteiger partial charge is 0.0104 e. The van der Waals surface area contributed by atoms with Crippen molar-refractivity contribution in [2.45, 2.75) is 77.8 Å². The van der Waals surface area contributed by atoms with E-state index in [2.05, 4.69) is 26.1 Å². The highest BCUT2D eigenvalue weighted by Gasteiger charge is 2.54. The van der Waals surface area contributed by atoms with E-state index in [1.807, 2.05) is 0 Å². The minimum atomic E-state index is 0.574. The first-order valence-corrected chi connectivity index (χ1v) is 8.79. The number of rotatable bonds is 2. The molecular formula is C18H31N. The van der Waals surface area contributed by atoms with Crippen molar-refractivity contribution in [1.82, 2.24) is 5.32 Å². The van der Waals surface area contributed by atoms with Crippen LogP contribution in [0, 0.1) is 35.0 Å². The number of hydrogen-bond donors (Lipinski definition) is 1. The molecule has 1 nitrogen and oxygen atoms in total. The van der Waals surface area contributed by atoms with Crippen LogP contribution in [0.3, 0.4) is 0 Å². The van der Waals surface area contributed by atoms with E-state index in [0.29, 0.717) is 5.41 Å². The van der Waals surface area contributed by atoms with E-state index in [4.69, 9.17) is 0 Å². The first-order chi connectivity index (χ1) is 9.03. The zero-order chi connectivity index (χ0) is 13.2. The Labute approximate surface area is 118 Å². The first kappa shape index (κ1) is 12.7. The Morgan fingerprint density at radius 3 is 2.42 bits per heavy atom. The monoisotopic (exact) mass is 261 g/mol. The van der Waals surface area contributed by atoms with Gasteiger partial charge in [-0.2, -0.15) is 0 Å². The third-order valence-electron chi connectivity index (χ3n) is 7.19. The number of nitrogens with one attached hydrogen (secondary N) is 1. The molecule has 0 heterocycles. The summed E-state index contributed by atoms with van der Waals surface area (Å²) < 4.78 is 0. The molecule has 108 valence electrons. The second-order valence-electron chi connectivity index (χ2n) is 9.08. The maximum Gasteiger partial charge on any atom is 0.0104 e. The Hall–Kier alpha value is -0.0400. The van der Waals surface area contributed by atoms with Crippen molar-refractivity contribution in [2.75, 3.05) is 0 Å². The lowest BCUT2D eigenvalue weighted by Crippen LogP contribution is -2.45. The molecule has 19 heavy (non-hydrogen) atoms. The van der Waals surface area contributed by atoms with Gasteiger partial charge in [-0.3, -0.25) is 0 Å². The van der Waals surface area contributed by atoms with Crippen LogP contribution < -0.4 is 5.32 Å². The molecular weight excluding hydrogens is 230 g/mol. The average molecular weight is 261 g/mol. The van der Waals surface area contributed by atoms with E-state index in [0.717, 1.165) is 41.7 Å². The van der Waals surface area contributed by atoms with Gasteiger partial charge in [-0.15, -0.1) is 0 Å². The van der Waals surface area contributed by atoms with Crippen molar-refractivity contribution in [3.8, 4) is 0 Å². The molecule has 0 aromatic carbocycles.